The maximum atomic E-state index is 12.2. The summed E-state index contributed by atoms with van der Waals surface area (Å²) in [6.45, 7) is 5.13. The number of carbonyl (C=O) groups excluding carboxylic acids is 1. The molecule has 0 saturated heterocycles. The molecule has 0 saturated carbocycles. The number of hydrogen-bond acceptors (Lipinski definition) is 4. The van der Waals surface area contributed by atoms with Crippen LogP contribution >= 0.6 is 0 Å². The third-order valence-corrected chi connectivity index (χ3v) is 3.04. The van der Waals surface area contributed by atoms with Gasteiger partial charge in [-0.2, -0.15) is 0 Å². The number of hydrogen-bond donors (Lipinski definition) is 2. The summed E-state index contributed by atoms with van der Waals surface area (Å²) in [4.78, 5) is 16.5. The van der Waals surface area contributed by atoms with Gasteiger partial charge in [0.05, 0.1) is 19.0 Å². The maximum absolute atomic E-state index is 12.2. The zero-order valence-corrected chi connectivity index (χ0v) is 13.1. The van der Waals surface area contributed by atoms with Gasteiger partial charge in [0.1, 0.15) is 11.6 Å². The van der Waals surface area contributed by atoms with Gasteiger partial charge in [-0.3, -0.25) is 4.79 Å². The molecule has 5 nitrogen and oxygen atoms in total. The fourth-order valence-corrected chi connectivity index (χ4v) is 1.85. The molecule has 1 amide bonds. The number of carbonyl (C=O) groups is 1. The van der Waals surface area contributed by atoms with Crippen LogP contribution in [0.3, 0.4) is 0 Å². The molecule has 1 aromatic heterocycles. The largest absolute Gasteiger partial charge is 0.497 e. The maximum Gasteiger partial charge on any atom is 0.255 e. The van der Waals surface area contributed by atoms with E-state index < -0.39 is 0 Å². The summed E-state index contributed by atoms with van der Waals surface area (Å²) < 4.78 is 5.12. The number of rotatable bonds is 6. The second kappa shape index (κ2) is 7.45. The Labute approximate surface area is 130 Å². The van der Waals surface area contributed by atoms with Crippen molar-refractivity contribution in [2.45, 2.75) is 13.8 Å². The lowest BCUT2D eigenvalue weighted by Gasteiger charge is -2.09. The van der Waals surface area contributed by atoms with E-state index in [1.54, 1.807) is 37.6 Å². The lowest BCUT2D eigenvalue weighted by atomic mass is 10.2. The zero-order valence-electron chi connectivity index (χ0n) is 13.1. The number of nitrogens with one attached hydrogen (secondary N) is 2. The first-order valence-electron chi connectivity index (χ1n) is 7.24. The predicted molar refractivity (Wildman–Crippen MR) is 88.5 cm³/mol. The van der Waals surface area contributed by atoms with Crippen molar-refractivity contribution in [2.24, 2.45) is 5.92 Å². The van der Waals surface area contributed by atoms with E-state index in [0.717, 1.165) is 12.4 Å². The first kappa shape index (κ1) is 15.8. The molecular weight excluding hydrogens is 278 g/mol. The van der Waals surface area contributed by atoms with E-state index >= 15 is 0 Å². The lowest BCUT2D eigenvalue weighted by Crippen LogP contribution is -2.13. The normalized spacial score (nSPS) is 10.4. The second-order valence-electron chi connectivity index (χ2n) is 5.39. The minimum Gasteiger partial charge on any atom is -0.497 e. The Bertz CT molecular complexity index is 624. The number of benzene rings is 1. The summed E-state index contributed by atoms with van der Waals surface area (Å²) in [5, 5.41) is 6.05. The van der Waals surface area contributed by atoms with Crippen molar-refractivity contribution >= 4 is 17.4 Å². The van der Waals surface area contributed by atoms with E-state index in [1.165, 1.54) is 0 Å². The van der Waals surface area contributed by atoms with Gasteiger partial charge in [0.25, 0.3) is 5.91 Å². The van der Waals surface area contributed by atoms with E-state index in [9.17, 15) is 4.79 Å². The minimum absolute atomic E-state index is 0.191. The number of aromatic nitrogens is 1. The van der Waals surface area contributed by atoms with Crippen molar-refractivity contribution < 1.29 is 9.53 Å². The highest BCUT2D eigenvalue weighted by molar-refractivity contribution is 6.04. The molecular formula is C17H21N3O2. The summed E-state index contributed by atoms with van der Waals surface area (Å²) >= 11 is 0. The van der Waals surface area contributed by atoms with Crippen LogP contribution in [-0.4, -0.2) is 24.5 Å². The van der Waals surface area contributed by atoms with Crippen LogP contribution in [-0.2, 0) is 0 Å². The van der Waals surface area contributed by atoms with E-state index in [-0.39, 0.29) is 5.91 Å². The van der Waals surface area contributed by atoms with Crippen LogP contribution in [0.5, 0.6) is 5.75 Å². The summed E-state index contributed by atoms with van der Waals surface area (Å²) in [5.41, 5.74) is 1.20. The molecule has 0 radical (unpaired) electrons. The number of methoxy groups -OCH3 is 1. The third kappa shape index (κ3) is 4.48. The Hall–Kier alpha value is -2.56. The Morgan fingerprint density at radius 1 is 1.27 bits per heavy atom. The number of amides is 1. The lowest BCUT2D eigenvalue weighted by molar-refractivity contribution is 0.102. The fraction of sp³-hybridized carbons (Fsp3) is 0.294. The highest BCUT2D eigenvalue weighted by atomic mass is 16.5. The second-order valence-corrected chi connectivity index (χ2v) is 5.39. The summed E-state index contributed by atoms with van der Waals surface area (Å²) in [6.07, 6.45) is 1.64. The molecule has 0 bridgehead atoms. The number of ether oxygens (including phenoxy) is 1. The number of pyridine rings is 1. The van der Waals surface area contributed by atoms with Gasteiger partial charge < -0.3 is 15.4 Å². The van der Waals surface area contributed by atoms with Crippen LogP contribution in [0.1, 0.15) is 24.2 Å². The highest BCUT2D eigenvalue weighted by Gasteiger charge is 2.07. The summed E-state index contributed by atoms with van der Waals surface area (Å²) in [6, 6.07) is 10.7. The van der Waals surface area contributed by atoms with Crippen molar-refractivity contribution in [3.63, 3.8) is 0 Å². The number of anilines is 2. The monoisotopic (exact) mass is 299 g/mol. The van der Waals surface area contributed by atoms with E-state index in [1.807, 2.05) is 12.1 Å². The molecule has 22 heavy (non-hydrogen) atoms. The van der Waals surface area contributed by atoms with Crippen molar-refractivity contribution in [1.82, 2.24) is 4.98 Å². The van der Waals surface area contributed by atoms with Gasteiger partial charge in [-0.1, -0.05) is 19.9 Å². The Morgan fingerprint density at radius 3 is 2.73 bits per heavy atom. The van der Waals surface area contributed by atoms with Gasteiger partial charge in [0.2, 0.25) is 0 Å². The van der Waals surface area contributed by atoms with Gasteiger partial charge in [0.15, 0.2) is 0 Å². The average molecular weight is 299 g/mol. The summed E-state index contributed by atoms with van der Waals surface area (Å²) in [7, 11) is 1.57. The van der Waals surface area contributed by atoms with Crippen LogP contribution < -0.4 is 15.4 Å². The molecule has 0 spiro atoms. The Morgan fingerprint density at radius 2 is 2.09 bits per heavy atom. The van der Waals surface area contributed by atoms with E-state index in [4.69, 9.17) is 4.74 Å². The van der Waals surface area contributed by atoms with Crippen LogP contribution in [0, 0.1) is 5.92 Å². The van der Waals surface area contributed by atoms with Crippen molar-refractivity contribution in [1.29, 1.82) is 0 Å². The molecule has 0 aliphatic carbocycles. The molecule has 1 aromatic carbocycles. The van der Waals surface area contributed by atoms with Gasteiger partial charge in [-0.15, -0.1) is 0 Å². The van der Waals surface area contributed by atoms with E-state index in [2.05, 4.69) is 29.5 Å². The molecule has 2 rings (SSSR count). The van der Waals surface area contributed by atoms with Gasteiger partial charge in [-0.05, 0) is 36.2 Å². The fourth-order valence-electron chi connectivity index (χ4n) is 1.85. The Kier molecular flexibility index (Phi) is 5.36. The molecule has 0 unspecified atom stereocenters. The molecule has 0 aliphatic rings. The smallest absolute Gasteiger partial charge is 0.255 e. The topological polar surface area (TPSA) is 63.2 Å². The first-order chi connectivity index (χ1) is 10.6. The first-order valence-corrected chi connectivity index (χ1v) is 7.24. The predicted octanol–water partition coefficient (Wildman–Crippen LogP) is 3.41. The molecule has 1 heterocycles. The average Bonchev–Trinajstić information content (AvgIpc) is 2.54. The third-order valence-electron chi connectivity index (χ3n) is 3.04. The van der Waals surface area contributed by atoms with Crippen molar-refractivity contribution in [3.8, 4) is 5.75 Å². The Balaban J connectivity index is 1.99. The van der Waals surface area contributed by atoms with Crippen LogP contribution in [0.15, 0.2) is 42.6 Å². The molecule has 116 valence electrons. The quantitative estimate of drug-likeness (QED) is 0.858. The van der Waals surface area contributed by atoms with Crippen LogP contribution in [0.25, 0.3) is 0 Å². The van der Waals surface area contributed by atoms with Crippen LogP contribution in [0.2, 0.25) is 0 Å². The molecule has 0 fully saturated rings. The van der Waals surface area contributed by atoms with E-state index in [0.29, 0.717) is 22.9 Å². The number of nitrogens with zero attached hydrogens (tertiary/aromatic N) is 1. The standard InChI is InChI=1S/C17H21N3O2/c1-12(2)10-18-16-8-7-14(11-19-16)20-17(21)13-5-4-6-15(9-13)22-3/h4-9,11-12H,10H2,1-3H3,(H,18,19)(H,20,21). The molecule has 5 heteroatoms. The van der Waals surface area contributed by atoms with Crippen LogP contribution in [0.4, 0.5) is 11.5 Å². The highest BCUT2D eigenvalue weighted by Crippen LogP contribution is 2.15. The molecule has 0 aliphatic heterocycles. The SMILES string of the molecule is COc1cccc(C(=O)Nc2ccc(NCC(C)C)nc2)c1. The van der Waals surface area contributed by atoms with Crippen molar-refractivity contribution in [2.75, 3.05) is 24.3 Å². The molecule has 2 N–H and O–H groups in total. The van der Waals surface area contributed by atoms with Gasteiger partial charge in [0, 0.05) is 12.1 Å². The molecule has 2 aromatic rings. The summed E-state index contributed by atoms with van der Waals surface area (Å²) in [5.74, 6) is 1.81. The van der Waals surface area contributed by atoms with Gasteiger partial charge in [-0.25, -0.2) is 4.98 Å². The van der Waals surface area contributed by atoms with Crippen molar-refractivity contribution in [3.05, 3.63) is 48.2 Å². The van der Waals surface area contributed by atoms with Gasteiger partial charge >= 0.3 is 0 Å². The minimum atomic E-state index is -0.191. The zero-order chi connectivity index (χ0) is 15.9. The molecule has 0 atom stereocenters.